The number of hydrogen-bond donors (Lipinski definition) is 1. The van der Waals surface area contributed by atoms with Crippen LogP contribution in [0.25, 0.3) is 33.1 Å². The number of ether oxygens (including phenoxy) is 1. The molecular formula is C19H13BrN2O2. The molecule has 0 unspecified atom stereocenters. The lowest BCUT2D eigenvalue weighted by Gasteiger charge is -2.06. The topological polar surface area (TPSA) is 55.0 Å². The molecule has 4 rings (SSSR count). The number of para-hydroxylation sites is 1. The van der Waals surface area contributed by atoms with Gasteiger partial charge in [-0.05, 0) is 24.3 Å². The molecule has 24 heavy (non-hydrogen) atoms. The van der Waals surface area contributed by atoms with E-state index in [9.17, 15) is 4.79 Å². The maximum atomic E-state index is 12.1. The Kier molecular flexibility index (Phi) is 3.58. The van der Waals surface area contributed by atoms with E-state index >= 15 is 0 Å². The van der Waals surface area contributed by atoms with Crippen LogP contribution in [0.1, 0.15) is 10.5 Å². The van der Waals surface area contributed by atoms with Crippen LogP contribution in [0.15, 0.2) is 59.1 Å². The number of hydrogen-bond acceptors (Lipinski definition) is 3. The number of halogens is 1. The zero-order valence-corrected chi connectivity index (χ0v) is 14.4. The highest BCUT2D eigenvalue weighted by atomic mass is 79.9. The number of benzene rings is 2. The Bertz CT molecular complexity index is 1070. The summed E-state index contributed by atoms with van der Waals surface area (Å²) in [4.78, 5) is 20.0. The summed E-state index contributed by atoms with van der Waals surface area (Å²) in [5, 5.41) is 2.01. The highest BCUT2D eigenvalue weighted by molar-refractivity contribution is 9.10. The van der Waals surface area contributed by atoms with Gasteiger partial charge < -0.3 is 9.72 Å². The number of nitrogens with one attached hydrogen (secondary N) is 1. The molecule has 2 heterocycles. The van der Waals surface area contributed by atoms with E-state index in [1.54, 1.807) is 6.07 Å². The van der Waals surface area contributed by atoms with E-state index in [0.29, 0.717) is 5.69 Å². The molecule has 0 saturated carbocycles. The fourth-order valence-electron chi connectivity index (χ4n) is 2.87. The monoisotopic (exact) mass is 380 g/mol. The molecule has 0 aliphatic rings. The molecule has 5 heteroatoms. The van der Waals surface area contributed by atoms with Crippen molar-refractivity contribution in [1.29, 1.82) is 0 Å². The Labute approximate surface area is 146 Å². The van der Waals surface area contributed by atoms with Crippen molar-refractivity contribution in [3.05, 3.63) is 64.8 Å². The molecule has 0 radical (unpaired) electrons. The lowest BCUT2D eigenvalue weighted by Crippen LogP contribution is -2.05. The standard InChI is InChI=1S/C19H13BrN2O2/c1-24-19(23)16-10-14-13-4-2-3-5-15(13)21-18(14)17(22-16)11-6-8-12(20)9-7-11/h2-10,21H,1H3. The van der Waals surface area contributed by atoms with Crippen molar-refractivity contribution < 1.29 is 9.53 Å². The molecule has 0 amide bonds. The quantitative estimate of drug-likeness (QED) is 0.501. The summed E-state index contributed by atoms with van der Waals surface area (Å²) in [5.74, 6) is -0.444. The first kappa shape index (κ1) is 14.9. The van der Waals surface area contributed by atoms with Gasteiger partial charge in [-0.25, -0.2) is 9.78 Å². The number of pyridine rings is 1. The second-order valence-electron chi connectivity index (χ2n) is 5.45. The number of carbonyl (C=O) groups excluding carboxylic acids is 1. The van der Waals surface area contributed by atoms with E-state index in [1.807, 2.05) is 48.5 Å². The fraction of sp³-hybridized carbons (Fsp3) is 0.0526. The van der Waals surface area contributed by atoms with E-state index in [2.05, 4.69) is 25.9 Å². The summed E-state index contributed by atoms with van der Waals surface area (Å²) in [7, 11) is 1.36. The van der Waals surface area contributed by atoms with Gasteiger partial charge in [-0.3, -0.25) is 0 Å². The number of aromatic amines is 1. The second kappa shape index (κ2) is 5.76. The van der Waals surface area contributed by atoms with Crippen LogP contribution < -0.4 is 0 Å². The van der Waals surface area contributed by atoms with Crippen molar-refractivity contribution >= 4 is 43.7 Å². The molecular weight excluding hydrogens is 368 g/mol. The predicted molar refractivity (Wildman–Crippen MR) is 98.1 cm³/mol. The van der Waals surface area contributed by atoms with Gasteiger partial charge in [-0.2, -0.15) is 0 Å². The molecule has 4 nitrogen and oxygen atoms in total. The third-order valence-corrected chi connectivity index (χ3v) is 4.54. The molecule has 1 N–H and O–H groups in total. The van der Waals surface area contributed by atoms with Gasteiger partial charge in [0.1, 0.15) is 5.69 Å². The van der Waals surface area contributed by atoms with Crippen LogP contribution in [0.2, 0.25) is 0 Å². The van der Waals surface area contributed by atoms with Crippen LogP contribution in [0.3, 0.4) is 0 Å². The van der Waals surface area contributed by atoms with E-state index in [-0.39, 0.29) is 0 Å². The van der Waals surface area contributed by atoms with Gasteiger partial charge >= 0.3 is 5.97 Å². The number of rotatable bonds is 2. The molecule has 0 aliphatic heterocycles. The van der Waals surface area contributed by atoms with Crippen LogP contribution >= 0.6 is 15.9 Å². The van der Waals surface area contributed by atoms with Gasteiger partial charge in [0.15, 0.2) is 0 Å². The van der Waals surface area contributed by atoms with Gasteiger partial charge in [0.25, 0.3) is 0 Å². The number of H-pyrrole nitrogens is 1. The normalized spacial score (nSPS) is 11.1. The van der Waals surface area contributed by atoms with Gasteiger partial charge in [-0.1, -0.05) is 46.3 Å². The molecule has 0 aliphatic carbocycles. The SMILES string of the molecule is COC(=O)c1cc2c([nH]c3ccccc32)c(-c2ccc(Br)cc2)n1. The first-order chi connectivity index (χ1) is 11.7. The lowest BCUT2D eigenvalue weighted by molar-refractivity contribution is 0.0594. The van der Waals surface area contributed by atoms with Crippen molar-refractivity contribution in [1.82, 2.24) is 9.97 Å². The van der Waals surface area contributed by atoms with Crippen molar-refractivity contribution in [3.8, 4) is 11.3 Å². The van der Waals surface area contributed by atoms with Gasteiger partial charge in [0.05, 0.1) is 18.3 Å². The minimum atomic E-state index is -0.444. The summed E-state index contributed by atoms with van der Waals surface area (Å²) < 4.78 is 5.85. The zero-order chi connectivity index (χ0) is 16.7. The van der Waals surface area contributed by atoms with Crippen LogP contribution in [-0.2, 0) is 4.74 Å². The fourth-order valence-corrected chi connectivity index (χ4v) is 3.14. The highest BCUT2D eigenvalue weighted by Gasteiger charge is 2.17. The van der Waals surface area contributed by atoms with E-state index in [0.717, 1.165) is 37.5 Å². The van der Waals surface area contributed by atoms with Gasteiger partial charge in [0.2, 0.25) is 0 Å². The Morgan fingerprint density at radius 1 is 1.08 bits per heavy atom. The van der Waals surface area contributed by atoms with Crippen LogP contribution in [-0.4, -0.2) is 23.0 Å². The first-order valence-electron chi connectivity index (χ1n) is 7.43. The molecule has 118 valence electrons. The maximum Gasteiger partial charge on any atom is 0.356 e. The maximum absolute atomic E-state index is 12.1. The Morgan fingerprint density at radius 2 is 1.83 bits per heavy atom. The second-order valence-corrected chi connectivity index (χ2v) is 6.36. The first-order valence-corrected chi connectivity index (χ1v) is 8.22. The number of carbonyl (C=O) groups is 1. The third-order valence-electron chi connectivity index (χ3n) is 4.01. The minimum absolute atomic E-state index is 0.299. The Hall–Kier alpha value is -2.66. The summed E-state index contributed by atoms with van der Waals surface area (Å²) in [6.07, 6.45) is 0. The number of esters is 1. The average Bonchev–Trinajstić information content (AvgIpc) is 2.99. The molecule has 0 fully saturated rings. The van der Waals surface area contributed by atoms with Crippen LogP contribution in [0.4, 0.5) is 0 Å². The van der Waals surface area contributed by atoms with Crippen molar-refractivity contribution in [2.24, 2.45) is 0 Å². The molecule has 4 aromatic rings. The van der Waals surface area contributed by atoms with Crippen LogP contribution in [0, 0.1) is 0 Å². The van der Waals surface area contributed by atoms with Crippen molar-refractivity contribution in [3.63, 3.8) is 0 Å². The lowest BCUT2D eigenvalue weighted by atomic mass is 10.1. The molecule has 2 aromatic heterocycles. The molecule has 0 saturated heterocycles. The number of methoxy groups -OCH3 is 1. The van der Waals surface area contributed by atoms with E-state index in [4.69, 9.17) is 4.74 Å². The number of aromatic nitrogens is 2. The highest BCUT2D eigenvalue weighted by Crippen LogP contribution is 2.33. The van der Waals surface area contributed by atoms with Gasteiger partial charge in [-0.15, -0.1) is 0 Å². The molecule has 0 atom stereocenters. The van der Waals surface area contributed by atoms with Gasteiger partial charge in [0, 0.05) is 26.3 Å². The zero-order valence-electron chi connectivity index (χ0n) is 12.8. The smallest absolute Gasteiger partial charge is 0.356 e. The summed E-state index contributed by atoms with van der Waals surface area (Å²) >= 11 is 3.44. The van der Waals surface area contributed by atoms with E-state index < -0.39 is 5.97 Å². The van der Waals surface area contributed by atoms with Crippen LogP contribution in [0.5, 0.6) is 0 Å². The Morgan fingerprint density at radius 3 is 2.58 bits per heavy atom. The number of nitrogens with zero attached hydrogens (tertiary/aromatic N) is 1. The Balaban J connectivity index is 2.09. The largest absolute Gasteiger partial charge is 0.464 e. The summed E-state index contributed by atoms with van der Waals surface area (Å²) in [6.45, 7) is 0. The van der Waals surface area contributed by atoms with Crippen molar-refractivity contribution in [2.45, 2.75) is 0 Å². The average molecular weight is 381 g/mol. The molecule has 2 aromatic carbocycles. The molecule has 0 bridgehead atoms. The van der Waals surface area contributed by atoms with Crippen molar-refractivity contribution in [2.75, 3.05) is 7.11 Å². The predicted octanol–water partition coefficient (Wildman–Crippen LogP) is 4.93. The summed E-state index contributed by atoms with van der Waals surface area (Å²) in [6, 6.07) is 17.6. The van der Waals surface area contributed by atoms with E-state index in [1.165, 1.54) is 7.11 Å². The molecule has 0 spiro atoms. The third kappa shape index (κ3) is 2.37. The minimum Gasteiger partial charge on any atom is -0.464 e. The number of fused-ring (bicyclic) bond motifs is 3. The summed E-state index contributed by atoms with van der Waals surface area (Å²) in [5.41, 5.74) is 3.88.